The Morgan fingerprint density at radius 3 is 2.27 bits per heavy atom. The van der Waals surface area contributed by atoms with Gasteiger partial charge < -0.3 is 0 Å². The SMILES string of the molecule is Cc1ccc(C(=O)[C@@H]2[C@H]3C(=O)N(c4ccc(C)cc4C)C(=O)[C@@H]3[C@H]3CCCN32)cc1. The van der Waals surface area contributed by atoms with Gasteiger partial charge in [-0.3, -0.25) is 19.3 Å². The lowest BCUT2D eigenvalue weighted by atomic mass is 9.85. The van der Waals surface area contributed by atoms with Gasteiger partial charge in [0.05, 0.1) is 23.6 Å². The zero-order valence-corrected chi connectivity index (χ0v) is 17.6. The van der Waals surface area contributed by atoms with E-state index in [1.54, 1.807) is 0 Å². The van der Waals surface area contributed by atoms with E-state index < -0.39 is 17.9 Å². The first kappa shape index (κ1) is 19.2. The minimum absolute atomic E-state index is 0.0263. The van der Waals surface area contributed by atoms with Crippen LogP contribution in [0.1, 0.15) is 39.9 Å². The molecule has 0 bridgehead atoms. The number of fused-ring (bicyclic) bond motifs is 3. The van der Waals surface area contributed by atoms with Crippen LogP contribution < -0.4 is 4.90 Å². The van der Waals surface area contributed by atoms with Gasteiger partial charge in [-0.05, 0) is 51.8 Å². The Bertz CT molecular complexity index is 1060. The van der Waals surface area contributed by atoms with Gasteiger partial charge in [0.2, 0.25) is 11.8 Å². The first-order chi connectivity index (χ1) is 14.4. The third kappa shape index (κ3) is 2.68. The van der Waals surface area contributed by atoms with Crippen molar-refractivity contribution in [3.63, 3.8) is 0 Å². The molecule has 0 aliphatic carbocycles. The molecule has 154 valence electrons. The summed E-state index contributed by atoms with van der Waals surface area (Å²) >= 11 is 0. The van der Waals surface area contributed by atoms with Crippen LogP contribution in [0.2, 0.25) is 0 Å². The summed E-state index contributed by atoms with van der Waals surface area (Å²) in [4.78, 5) is 44.1. The maximum atomic E-state index is 13.6. The minimum atomic E-state index is -0.600. The highest BCUT2D eigenvalue weighted by molar-refractivity contribution is 6.24. The van der Waals surface area contributed by atoms with Gasteiger partial charge in [-0.2, -0.15) is 0 Å². The zero-order valence-electron chi connectivity index (χ0n) is 17.6. The van der Waals surface area contributed by atoms with Crippen molar-refractivity contribution in [2.24, 2.45) is 11.8 Å². The number of rotatable bonds is 3. The molecule has 2 amide bonds. The van der Waals surface area contributed by atoms with Crippen molar-refractivity contribution < 1.29 is 14.4 Å². The van der Waals surface area contributed by atoms with Crippen LogP contribution in [0, 0.1) is 32.6 Å². The van der Waals surface area contributed by atoms with Gasteiger partial charge in [0.15, 0.2) is 5.78 Å². The number of nitrogens with zero attached hydrogens (tertiary/aromatic N) is 2. The van der Waals surface area contributed by atoms with E-state index in [4.69, 9.17) is 0 Å². The van der Waals surface area contributed by atoms with Gasteiger partial charge in [0, 0.05) is 11.6 Å². The molecule has 30 heavy (non-hydrogen) atoms. The molecule has 3 aliphatic heterocycles. The lowest BCUT2D eigenvalue weighted by molar-refractivity contribution is -0.123. The smallest absolute Gasteiger partial charge is 0.239 e. The van der Waals surface area contributed by atoms with E-state index in [0.29, 0.717) is 11.3 Å². The predicted molar refractivity (Wildman–Crippen MR) is 114 cm³/mol. The van der Waals surface area contributed by atoms with E-state index >= 15 is 0 Å². The summed E-state index contributed by atoms with van der Waals surface area (Å²) in [5.41, 5.74) is 4.34. The average molecular weight is 402 g/mol. The molecule has 3 saturated heterocycles. The van der Waals surface area contributed by atoms with Crippen molar-refractivity contribution in [1.29, 1.82) is 0 Å². The maximum absolute atomic E-state index is 13.6. The van der Waals surface area contributed by atoms with E-state index in [1.807, 2.05) is 63.2 Å². The second-order valence-electron chi connectivity index (χ2n) is 8.98. The third-order valence-corrected chi connectivity index (χ3v) is 7.05. The van der Waals surface area contributed by atoms with Crippen molar-refractivity contribution >= 4 is 23.3 Å². The second-order valence-corrected chi connectivity index (χ2v) is 8.98. The fraction of sp³-hybridized carbons (Fsp3) is 0.400. The Morgan fingerprint density at radius 1 is 0.900 bits per heavy atom. The van der Waals surface area contributed by atoms with Crippen molar-refractivity contribution in [2.75, 3.05) is 11.4 Å². The number of Topliss-reactive ketones (excluding diaryl/α,β-unsaturated/α-hetero) is 1. The zero-order chi connectivity index (χ0) is 21.2. The monoisotopic (exact) mass is 402 g/mol. The number of benzene rings is 2. The molecular formula is C25H26N2O3. The first-order valence-electron chi connectivity index (χ1n) is 10.7. The molecule has 5 nitrogen and oxygen atoms in total. The number of anilines is 1. The van der Waals surface area contributed by atoms with Gasteiger partial charge in [-0.15, -0.1) is 0 Å². The van der Waals surface area contributed by atoms with E-state index in [-0.39, 0.29) is 23.6 Å². The summed E-state index contributed by atoms with van der Waals surface area (Å²) in [6, 6.07) is 12.7. The predicted octanol–water partition coefficient (Wildman–Crippen LogP) is 3.45. The van der Waals surface area contributed by atoms with E-state index in [2.05, 4.69) is 4.90 Å². The first-order valence-corrected chi connectivity index (χ1v) is 10.7. The summed E-state index contributed by atoms with van der Waals surface area (Å²) in [5, 5.41) is 0. The van der Waals surface area contributed by atoms with E-state index in [9.17, 15) is 14.4 Å². The Morgan fingerprint density at radius 2 is 1.57 bits per heavy atom. The van der Waals surface area contributed by atoms with Gasteiger partial charge in [0.1, 0.15) is 0 Å². The van der Waals surface area contributed by atoms with Crippen molar-refractivity contribution in [3.8, 4) is 0 Å². The molecule has 5 rings (SSSR count). The molecule has 2 aromatic rings. The van der Waals surface area contributed by atoms with E-state index in [1.165, 1.54) is 4.90 Å². The molecule has 2 aromatic carbocycles. The highest BCUT2D eigenvalue weighted by Crippen LogP contribution is 2.48. The molecule has 5 heteroatoms. The molecule has 3 fully saturated rings. The average Bonchev–Trinajstić information content (AvgIpc) is 3.35. The summed E-state index contributed by atoms with van der Waals surface area (Å²) in [7, 11) is 0. The maximum Gasteiger partial charge on any atom is 0.239 e. The lowest BCUT2D eigenvalue weighted by Gasteiger charge is -2.28. The number of aryl methyl sites for hydroxylation is 3. The number of carbonyl (C=O) groups is 3. The van der Waals surface area contributed by atoms with Crippen LogP contribution >= 0.6 is 0 Å². The number of ketones is 1. The topological polar surface area (TPSA) is 57.7 Å². The number of amides is 2. The van der Waals surface area contributed by atoms with Crippen molar-refractivity contribution in [3.05, 3.63) is 64.7 Å². The standard InChI is InChI=1S/C25H26N2O3/c1-14-6-9-17(10-7-14)23(28)22-21-20(19-5-4-12-26(19)22)24(29)27(25(21)30)18-11-8-15(2)13-16(18)3/h6-11,13,19-22H,4-5,12H2,1-3H3/t19-,20-,21+,22+/m1/s1. The van der Waals surface area contributed by atoms with Crippen LogP contribution in [-0.2, 0) is 9.59 Å². The van der Waals surface area contributed by atoms with Crippen molar-refractivity contribution in [2.45, 2.75) is 45.7 Å². The molecule has 0 spiro atoms. The van der Waals surface area contributed by atoms with Crippen LogP contribution in [-0.4, -0.2) is 41.1 Å². The van der Waals surface area contributed by atoms with Crippen LogP contribution in [0.25, 0.3) is 0 Å². The van der Waals surface area contributed by atoms with Crippen LogP contribution in [0.4, 0.5) is 5.69 Å². The lowest BCUT2D eigenvalue weighted by Crippen LogP contribution is -2.46. The molecule has 0 N–H and O–H groups in total. The summed E-state index contributed by atoms with van der Waals surface area (Å²) in [6.45, 7) is 6.67. The Hall–Kier alpha value is -2.79. The van der Waals surface area contributed by atoms with Gasteiger partial charge in [-0.1, -0.05) is 47.5 Å². The minimum Gasteiger partial charge on any atom is -0.292 e. The Kier molecular flexibility index (Phi) is 4.40. The number of imide groups is 1. The summed E-state index contributed by atoms with van der Waals surface area (Å²) in [6.07, 6.45) is 1.81. The second kappa shape index (κ2) is 6.88. The number of carbonyl (C=O) groups excluding carboxylic acids is 3. The summed E-state index contributed by atoms with van der Waals surface area (Å²) < 4.78 is 0. The quantitative estimate of drug-likeness (QED) is 0.583. The van der Waals surface area contributed by atoms with Gasteiger partial charge >= 0.3 is 0 Å². The highest BCUT2D eigenvalue weighted by Gasteiger charge is 2.64. The fourth-order valence-electron chi connectivity index (χ4n) is 5.70. The van der Waals surface area contributed by atoms with Crippen molar-refractivity contribution in [1.82, 2.24) is 4.90 Å². The Labute approximate surface area is 176 Å². The highest BCUT2D eigenvalue weighted by atomic mass is 16.2. The molecule has 4 atom stereocenters. The summed E-state index contributed by atoms with van der Waals surface area (Å²) in [5.74, 6) is -1.44. The van der Waals surface area contributed by atoms with E-state index in [0.717, 1.165) is 36.1 Å². The molecule has 3 heterocycles. The largest absolute Gasteiger partial charge is 0.292 e. The van der Waals surface area contributed by atoms with Gasteiger partial charge in [0.25, 0.3) is 0 Å². The Balaban J connectivity index is 1.56. The molecule has 3 aliphatic rings. The van der Waals surface area contributed by atoms with Crippen LogP contribution in [0.15, 0.2) is 42.5 Å². The molecular weight excluding hydrogens is 376 g/mol. The molecule has 0 aromatic heterocycles. The fourth-order valence-corrected chi connectivity index (χ4v) is 5.70. The van der Waals surface area contributed by atoms with Gasteiger partial charge in [-0.25, -0.2) is 4.90 Å². The van der Waals surface area contributed by atoms with Crippen LogP contribution in [0.3, 0.4) is 0 Å². The molecule has 0 saturated carbocycles. The normalized spacial score (nSPS) is 28.2. The molecule has 0 unspecified atom stereocenters. The number of hydrogen-bond acceptors (Lipinski definition) is 4. The molecule has 0 radical (unpaired) electrons. The van der Waals surface area contributed by atoms with Crippen LogP contribution in [0.5, 0.6) is 0 Å². The number of hydrogen-bond donors (Lipinski definition) is 0. The third-order valence-electron chi connectivity index (χ3n) is 7.05.